The van der Waals surface area contributed by atoms with Crippen molar-refractivity contribution in [1.29, 1.82) is 0 Å². The van der Waals surface area contributed by atoms with Crippen molar-refractivity contribution in [2.45, 2.75) is 65.1 Å². The van der Waals surface area contributed by atoms with Gasteiger partial charge >= 0.3 is 0 Å². The second-order valence-corrected chi connectivity index (χ2v) is 11.0. The normalized spacial score (nSPS) is 20.4. The summed E-state index contributed by atoms with van der Waals surface area (Å²) in [7, 11) is 1.78. The van der Waals surface area contributed by atoms with E-state index in [1.807, 2.05) is 18.7 Å². The third kappa shape index (κ3) is 6.10. The molecular weight excluding hydrogens is 504 g/mol. The van der Waals surface area contributed by atoms with Crippen molar-refractivity contribution in [1.82, 2.24) is 24.3 Å². The number of hydrogen-bond acceptors (Lipinski definition) is 6. The molecule has 0 saturated carbocycles. The molecule has 0 aliphatic carbocycles. The molecule has 0 unspecified atom stereocenters. The molecule has 2 amide bonds. The summed E-state index contributed by atoms with van der Waals surface area (Å²) >= 11 is 0. The zero-order chi connectivity index (χ0) is 28.2. The molecular formula is C31H40N6O3. The van der Waals surface area contributed by atoms with E-state index in [0.717, 1.165) is 74.2 Å². The average molecular weight is 545 g/mol. The number of carbonyl (C=O) groups is 2. The first kappa shape index (κ1) is 28.0. The van der Waals surface area contributed by atoms with Gasteiger partial charge in [-0.3, -0.25) is 24.8 Å². The number of carbonyl (C=O) groups excluding carboxylic acids is 2. The zero-order valence-corrected chi connectivity index (χ0v) is 24.0. The number of imidazole rings is 1. The topological polar surface area (TPSA) is 92.6 Å². The van der Waals surface area contributed by atoms with Crippen LogP contribution in [0.2, 0.25) is 0 Å². The van der Waals surface area contributed by atoms with E-state index < -0.39 is 0 Å². The quantitative estimate of drug-likeness (QED) is 0.436. The number of fused-ring (bicyclic) bond motifs is 1. The van der Waals surface area contributed by atoms with E-state index in [-0.39, 0.29) is 24.0 Å². The molecule has 2 atom stereocenters. The predicted octanol–water partition coefficient (Wildman–Crippen LogP) is 4.65. The van der Waals surface area contributed by atoms with Crippen LogP contribution in [0.1, 0.15) is 65.8 Å². The van der Waals surface area contributed by atoms with Crippen molar-refractivity contribution in [3.05, 3.63) is 65.0 Å². The van der Waals surface area contributed by atoms with Crippen LogP contribution in [0.15, 0.2) is 42.6 Å². The van der Waals surface area contributed by atoms with Crippen LogP contribution in [-0.2, 0) is 16.1 Å². The number of benzene rings is 1. The van der Waals surface area contributed by atoms with Crippen LogP contribution in [0, 0.1) is 13.8 Å². The van der Waals surface area contributed by atoms with Gasteiger partial charge in [0.1, 0.15) is 0 Å². The Morgan fingerprint density at radius 1 is 1.12 bits per heavy atom. The monoisotopic (exact) mass is 544 g/mol. The minimum atomic E-state index is -0.224. The molecule has 4 heterocycles. The number of aromatic nitrogens is 3. The van der Waals surface area contributed by atoms with E-state index in [1.54, 1.807) is 37.6 Å². The maximum absolute atomic E-state index is 13.4. The lowest BCUT2D eigenvalue weighted by Crippen LogP contribution is -2.34. The van der Waals surface area contributed by atoms with E-state index in [2.05, 4.69) is 38.8 Å². The van der Waals surface area contributed by atoms with Crippen molar-refractivity contribution in [2.75, 3.05) is 38.6 Å². The Morgan fingerprint density at radius 2 is 1.98 bits per heavy atom. The minimum absolute atomic E-state index is 0.0122. The van der Waals surface area contributed by atoms with Crippen LogP contribution in [0.5, 0.6) is 0 Å². The van der Waals surface area contributed by atoms with E-state index in [0.29, 0.717) is 18.1 Å². The smallest absolute Gasteiger partial charge is 0.258 e. The number of anilines is 1. The molecule has 0 spiro atoms. The molecule has 2 aliphatic heterocycles. The minimum Gasteiger partial charge on any atom is -0.380 e. The number of aryl methyl sites for hydroxylation is 2. The summed E-state index contributed by atoms with van der Waals surface area (Å²) in [4.78, 5) is 39.8. The fourth-order valence-electron chi connectivity index (χ4n) is 6.07. The fourth-order valence-corrected chi connectivity index (χ4v) is 6.07. The number of pyridine rings is 1. The molecule has 3 aromatic rings. The van der Waals surface area contributed by atoms with E-state index in [1.165, 1.54) is 5.56 Å². The first-order chi connectivity index (χ1) is 19.4. The molecule has 0 bridgehead atoms. The number of nitrogens with one attached hydrogen (secondary N) is 1. The van der Waals surface area contributed by atoms with Gasteiger partial charge in [0.25, 0.3) is 5.91 Å². The number of hydrogen-bond donors (Lipinski definition) is 1. The highest BCUT2D eigenvalue weighted by molar-refractivity contribution is 6.04. The Labute approximate surface area is 236 Å². The lowest BCUT2D eigenvalue weighted by Gasteiger charge is -2.26. The van der Waals surface area contributed by atoms with E-state index in [4.69, 9.17) is 9.72 Å². The summed E-state index contributed by atoms with van der Waals surface area (Å²) in [5.74, 6) is 0.314. The number of ether oxygens (including phenoxy) is 1. The Kier molecular flexibility index (Phi) is 8.61. The summed E-state index contributed by atoms with van der Waals surface area (Å²) in [5, 5.41) is 3.10. The third-order valence-corrected chi connectivity index (χ3v) is 8.02. The van der Waals surface area contributed by atoms with Crippen molar-refractivity contribution in [2.24, 2.45) is 0 Å². The highest BCUT2D eigenvalue weighted by atomic mass is 16.5. The number of rotatable bonds is 7. The average Bonchev–Trinajstić information content (AvgIpc) is 3.44. The molecule has 2 aromatic heterocycles. The maximum Gasteiger partial charge on any atom is 0.258 e. The molecule has 212 valence electrons. The number of allylic oxidation sites excluding steroid dienone is 1. The number of likely N-dealkylation sites (tertiary alicyclic amines) is 2. The fraction of sp³-hybridized carbons (Fsp3) is 0.484. The lowest BCUT2D eigenvalue weighted by atomic mass is 10.1. The molecule has 1 N–H and O–H groups in total. The summed E-state index contributed by atoms with van der Waals surface area (Å²) < 4.78 is 7.72. The standard InChI is InChI=1S/C31H40N6O3/c1-5-8-28(38)36-13-7-6-9-25(19-36)37-29-21(2)15-23(18-35-14-11-26(20-35)40-4)17-27(29)33-31(37)34-30(39)24-10-12-32-22(3)16-24/h5,8,10,12,15-17,25-26H,6-7,9,11,13-14,18-20H2,1-4H3,(H,33,34,39)/b8-5+/t25-,26-/m1/s1. The van der Waals surface area contributed by atoms with Crippen LogP contribution in [0.25, 0.3) is 11.0 Å². The van der Waals surface area contributed by atoms with Gasteiger partial charge in [-0.25, -0.2) is 4.98 Å². The van der Waals surface area contributed by atoms with Crippen LogP contribution in [0.4, 0.5) is 5.95 Å². The number of amides is 2. The zero-order valence-electron chi connectivity index (χ0n) is 24.0. The van der Waals surface area contributed by atoms with Crippen LogP contribution in [-0.4, -0.2) is 75.5 Å². The van der Waals surface area contributed by atoms with Gasteiger partial charge in [-0.05, 0) is 81.9 Å². The Bertz CT molecular complexity index is 1410. The summed E-state index contributed by atoms with van der Waals surface area (Å²) in [6, 6.07) is 7.85. The Hall–Kier alpha value is -3.56. The molecule has 9 heteroatoms. The molecule has 1 aromatic carbocycles. The Balaban J connectivity index is 1.53. The van der Waals surface area contributed by atoms with Crippen molar-refractivity contribution in [3.8, 4) is 0 Å². The molecule has 5 rings (SSSR count). The second kappa shape index (κ2) is 12.3. The first-order valence-corrected chi connectivity index (χ1v) is 14.3. The van der Waals surface area contributed by atoms with Gasteiger partial charge < -0.3 is 14.2 Å². The van der Waals surface area contributed by atoms with Gasteiger partial charge in [-0.1, -0.05) is 12.1 Å². The number of nitrogens with zero attached hydrogens (tertiary/aromatic N) is 5. The largest absolute Gasteiger partial charge is 0.380 e. The van der Waals surface area contributed by atoms with Gasteiger partial charge in [0, 0.05) is 57.3 Å². The van der Waals surface area contributed by atoms with Gasteiger partial charge in [0.15, 0.2) is 0 Å². The van der Waals surface area contributed by atoms with Crippen LogP contribution < -0.4 is 5.32 Å². The molecule has 2 aliphatic rings. The van der Waals surface area contributed by atoms with Gasteiger partial charge in [-0.15, -0.1) is 0 Å². The van der Waals surface area contributed by atoms with Gasteiger partial charge in [0.2, 0.25) is 11.9 Å². The van der Waals surface area contributed by atoms with Crippen molar-refractivity contribution >= 4 is 28.8 Å². The predicted molar refractivity (Wildman–Crippen MR) is 156 cm³/mol. The lowest BCUT2D eigenvalue weighted by molar-refractivity contribution is -0.126. The van der Waals surface area contributed by atoms with Crippen molar-refractivity contribution in [3.63, 3.8) is 0 Å². The molecule has 40 heavy (non-hydrogen) atoms. The van der Waals surface area contributed by atoms with E-state index in [9.17, 15) is 9.59 Å². The highest BCUT2D eigenvalue weighted by Crippen LogP contribution is 2.33. The molecule has 0 radical (unpaired) electrons. The third-order valence-electron chi connectivity index (χ3n) is 8.02. The van der Waals surface area contributed by atoms with E-state index >= 15 is 0 Å². The first-order valence-electron chi connectivity index (χ1n) is 14.3. The van der Waals surface area contributed by atoms with Gasteiger partial charge in [-0.2, -0.15) is 0 Å². The summed E-state index contributed by atoms with van der Waals surface area (Å²) in [5.41, 5.74) is 5.48. The second-order valence-electron chi connectivity index (χ2n) is 11.0. The Morgan fingerprint density at radius 3 is 2.73 bits per heavy atom. The SMILES string of the molecule is C/C=C/C(=O)N1CCCC[C@@H](n2c(NC(=O)c3ccnc(C)c3)nc3cc(CN4CC[C@@H](OC)C4)cc(C)c32)C1. The molecule has 9 nitrogen and oxygen atoms in total. The molecule has 2 fully saturated rings. The molecule has 2 saturated heterocycles. The highest BCUT2D eigenvalue weighted by Gasteiger charge is 2.28. The number of methoxy groups -OCH3 is 1. The summed E-state index contributed by atoms with van der Waals surface area (Å²) in [6.07, 6.45) is 9.24. The van der Waals surface area contributed by atoms with Gasteiger partial charge in [0.05, 0.1) is 23.2 Å². The van der Waals surface area contributed by atoms with Crippen LogP contribution >= 0.6 is 0 Å². The van der Waals surface area contributed by atoms with Crippen molar-refractivity contribution < 1.29 is 14.3 Å². The summed E-state index contributed by atoms with van der Waals surface area (Å²) in [6.45, 7) is 9.91. The maximum atomic E-state index is 13.4. The van der Waals surface area contributed by atoms with Crippen LogP contribution in [0.3, 0.4) is 0 Å².